The molecule has 3 aromatic rings. The molecular weight excluding hydrogens is 362 g/mol. The average molecular weight is 382 g/mol. The number of hydrogen-bond donors (Lipinski definition) is 1. The highest BCUT2D eigenvalue weighted by Gasteiger charge is 2.14. The Labute approximate surface area is 163 Å². The minimum Gasteiger partial charge on any atom is -0.495 e. The number of amides is 1. The van der Waals surface area contributed by atoms with E-state index in [0.717, 1.165) is 16.9 Å². The van der Waals surface area contributed by atoms with Crippen LogP contribution in [0.3, 0.4) is 0 Å². The van der Waals surface area contributed by atoms with Crippen molar-refractivity contribution in [3.05, 3.63) is 77.1 Å². The second-order valence-electron chi connectivity index (χ2n) is 6.05. The van der Waals surface area contributed by atoms with Crippen molar-refractivity contribution in [1.29, 1.82) is 0 Å². The number of pyridine rings is 1. The molecule has 1 N–H and O–H groups in total. The molecule has 6 heteroatoms. The second-order valence-corrected chi connectivity index (χ2v) is 6.46. The average Bonchev–Trinajstić information content (AvgIpc) is 2.70. The molecule has 0 unspecified atom stereocenters. The number of carbonyl (C=O) groups excluding carboxylic acids is 1. The van der Waals surface area contributed by atoms with E-state index in [2.05, 4.69) is 10.3 Å². The zero-order valence-electron chi connectivity index (χ0n) is 15.4. The number of para-hydroxylation sites is 1. The maximum absolute atomic E-state index is 12.7. The van der Waals surface area contributed by atoms with Gasteiger partial charge in [0, 0.05) is 35.7 Å². The number of rotatable bonds is 5. The number of anilines is 3. The number of halogens is 1. The SMILES string of the molecule is COc1cc(Cl)c(C)cc1NC(=O)c1cc(N(C)c2ccccc2)ccn1. The van der Waals surface area contributed by atoms with Crippen molar-refractivity contribution in [3.8, 4) is 5.75 Å². The van der Waals surface area contributed by atoms with Gasteiger partial charge in [-0.3, -0.25) is 9.78 Å². The third-order valence-electron chi connectivity index (χ3n) is 4.24. The monoisotopic (exact) mass is 381 g/mol. The van der Waals surface area contributed by atoms with E-state index >= 15 is 0 Å². The van der Waals surface area contributed by atoms with Gasteiger partial charge in [-0.2, -0.15) is 0 Å². The summed E-state index contributed by atoms with van der Waals surface area (Å²) in [7, 11) is 3.47. The predicted molar refractivity (Wildman–Crippen MR) is 109 cm³/mol. The number of aromatic nitrogens is 1. The molecule has 5 nitrogen and oxygen atoms in total. The molecule has 2 aromatic carbocycles. The largest absolute Gasteiger partial charge is 0.495 e. The van der Waals surface area contributed by atoms with Crippen LogP contribution in [0.4, 0.5) is 17.1 Å². The van der Waals surface area contributed by atoms with Crippen LogP contribution in [0.25, 0.3) is 0 Å². The van der Waals surface area contributed by atoms with Crippen molar-refractivity contribution in [2.75, 3.05) is 24.4 Å². The molecule has 3 rings (SSSR count). The highest BCUT2D eigenvalue weighted by Crippen LogP contribution is 2.31. The number of carbonyl (C=O) groups is 1. The molecule has 0 bridgehead atoms. The summed E-state index contributed by atoms with van der Waals surface area (Å²) in [6.07, 6.45) is 1.62. The molecule has 1 aromatic heterocycles. The van der Waals surface area contributed by atoms with Crippen molar-refractivity contribution in [2.24, 2.45) is 0 Å². The number of ether oxygens (including phenoxy) is 1. The van der Waals surface area contributed by atoms with Gasteiger partial charge in [-0.1, -0.05) is 29.8 Å². The van der Waals surface area contributed by atoms with E-state index in [9.17, 15) is 4.79 Å². The van der Waals surface area contributed by atoms with Gasteiger partial charge in [-0.05, 0) is 42.8 Å². The molecule has 1 heterocycles. The van der Waals surface area contributed by atoms with Crippen LogP contribution in [0.15, 0.2) is 60.8 Å². The topological polar surface area (TPSA) is 54.5 Å². The van der Waals surface area contributed by atoms with Gasteiger partial charge in [-0.15, -0.1) is 0 Å². The molecule has 0 fully saturated rings. The third kappa shape index (κ3) is 4.20. The smallest absolute Gasteiger partial charge is 0.274 e. The fourth-order valence-corrected chi connectivity index (χ4v) is 2.82. The maximum atomic E-state index is 12.7. The fraction of sp³-hybridized carbons (Fsp3) is 0.143. The zero-order valence-corrected chi connectivity index (χ0v) is 16.1. The minimum atomic E-state index is -0.321. The Morgan fingerprint density at radius 3 is 2.56 bits per heavy atom. The molecule has 0 aliphatic carbocycles. The molecule has 0 saturated heterocycles. The summed E-state index contributed by atoms with van der Waals surface area (Å²) in [5, 5.41) is 3.43. The van der Waals surface area contributed by atoms with Gasteiger partial charge in [0.1, 0.15) is 11.4 Å². The quantitative estimate of drug-likeness (QED) is 0.670. The molecule has 138 valence electrons. The summed E-state index contributed by atoms with van der Waals surface area (Å²) < 4.78 is 5.31. The lowest BCUT2D eigenvalue weighted by Gasteiger charge is -2.19. The minimum absolute atomic E-state index is 0.310. The molecule has 0 aliphatic rings. The molecule has 0 spiro atoms. The van der Waals surface area contributed by atoms with Crippen LogP contribution < -0.4 is 15.0 Å². The van der Waals surface area contributed by atoms with Gasteiger partial charge in [0.25, 0.3) is 5.91 Å². The number of nitrogens with one attached hydrogen (secondary N) is 1. The molecular formula is C21H20ClN3O2. The summed E-state index contributed by atoms with van der Waals surface area (Å²) in [6.45, 7) is 1.87. The highest BCUT2D eigenvalue weighted by molar-refractivity contribution is 6.31. The summed E-state index contributed by atoms with van der Waals surface area (Å²) in [6, 6.07) is 17.0. The highest BCUT2D eigenvalue weighted by atomic mass is 35.5. The molecule has 0 aliphatic heterocycles. The number of benzene rings is 2. The lowest BCUT2D eigenvalue weighted by Crippen LogP contribution is -2.16. The summed E-state index contributed by atoms with van der Waals surface area (Å²) in [4.78, 5) is 18.9. The zero-order chi connectivity index (χ0) is 19.4. The Bertz CT molecular complexity index is 961. The van der Waals surface area contributed by atoms with Crippen molar-refractivity contribution < 1.29 is 9.53 Å². The molecule has 0 saturated carbocycles. The van der Waals surface area contributed by atoms with E-state index in [-0.39, 0.29) is 5.91 Å². The van der Waals surface area contributed by atoms with Crippen molar-refractivity contribution >= 4 is 34.6 Å². The standard InChI is InChI=1S/C21H20ClN3O2/c1-14-11-18(20(27-3)13-17(14)22)24-21(26)19-12-16(9-10-23-19)25(2)15-7-5-4-6-8-15/h4-13H,1-3H3,(H,24,26). The van der Waals surface area contributed by atoms with Gasteiger partial charge < -0.3 is 15.0 Å². The van der Waals surface area contributed by atoms with Gasteiger partial charge in [-0.25, -0.2) is 0 Å². The van der Waals surface area contributed by atoms with Gasteiger partial charge in [0.2, 0.25) is 0 Å². The Kier molecular flexibility index (Phi) is 5.62. The van der Waals surface area contributed by atoms with E-state index in [4.69, 9.17) is 16.3 Å². The van der Waals surface area contributed by atoms with E-state index in [1.807, 2.05) is 55.3 Å². The maximum Gasteiger partial charge on any atom is 0.274 e. The Morgan fingerprint density at radius 1 is 1.11 bits per heavy atom. The Balaban J connectivity index is 1.85. The van der Waals surface area contributed by atoms with E-state index in [1.54, 1.807) is 24.4 Å². The van der Waals surface area contributed by atoms with Gasteiger partial charge >= 0.3 is 0 Å². The molecule has 1 amide bonds. The van der Waals surface area contributed by atoms with Crippen LogP contribution in [0.1, 0.15) is 16.1 Å². The summed E-state index contributed by atoms with van der Waals surface area (Å²) in [5.74, 6) is 0.176. The molecule has 27 heavy (non-hydrogen) atoms. The van der Waals surface area contributed by atoms with Crippen molar-refractivity contribution in [1.82, 2.24) is 4.98 Å². The Hall–Kier alpha value is -3.05. The normalized spacial score (nSPS) is 10.4. The van der Waals surface area contributed by atoms with Crippen molar-refractivity contribution in [2.45, 2.75) is 6.92 Å². The van der Waals surface area contributed by atoms with Crippen LogP contribution in [-0.4, -0.2) is 25.0 Å². The van der Waals surface area contributed by atoms with Crippen LogP contribution in [0.2, 0.25) is 5.02 Å². The van der Waals surface area contributed by atoms with E-state index < -0.39 is 0 Å². The number of hydrogen-bond acceptors (Lipinski definition) is 4. The first kappa shape index (κ1) is 18.7. The second kappa shape index (κ2) is 8.10. The first-order valence-corrected chi connectivity index (χ1v) is 8.77. The third-order valence-corrected chi connectivity index (χ3v) is 4.64. The lowest BCUT2D eigenvalue weighted by atomic mass is 10.2. The fourth-order valence-electron chi connectivity index (χ4n) is 2.67. The summed E-state index contributed by atoms with van der Waals surface area (Å²) in [5.41, 5.74) is 3.59. The first-order valence-electron chi connectivity index (χ1n) is 8.40. The molecule has 0 radical (unpaired) electrons. The molecule has 0 atom stereocenters. The summed E-state index contributed by atoms with van der Waals surface area (Å²) >= 11 is 6.12. The van der Waals surface area contributed by atoms with E-state index in [0.29, 0.717) is 22.2 Å². The predicted octanol–water partition coefficient (Wildman–Crippen LogP) is 5.07. The first-order chi connectivity index (χ1) is 13.0. The number of methoxy groups -OCH3 is 1. The van der Waals surface area contributed by atoms with Crippen LogP contribution in [-0.2, 0) is 0 Å². The number of nitrogens with zero attached hydrogens (tertiary/aromatic N) is 2. The van der Waals surface area contributed by atoms with Crippen LogP contribution in [0, 0.1) is 6.92 Å². The van der Waals surface area contributed by atoms with E-state index in [1.165, 1.54) is 7.11 Å². The lowest BCUT2D eigenvalue weighted by molar-refractivity contribution is 0.102. The number of aryl methyl sites for hydroxylation is 1. The van der Waals surface area contributed by atoms with Gasteiger partial charge in [0.05, 0.1) is 12.8 Å². The van der Waals surface area contributed by atoms with Crippen molar-refractivity contribution in [3.63, 3.8) is 0 Å². The van der Waals surface area contributed by atoms with Crippen LogP contribution in [0.5, 0.6) is 5.75 Å². The Morgan fingerprint density at radius 2 is 1.85 bits per heavy atom. The van der Waals surface area contributed by atoms with Crippen LogP contribution >= 0.6 is 11.6 Å². The van der Waals surface area contributed by atoms with Gasteiger partial charge in [0.15, 0.2) is 0 Å².